The first-order valence-electron chi connectivity index (χ1n) is 6.40. The standard InChI is InChI=1S/C14H16IN3O2/c1-3-4-10-13(15)14(19)18-11(17-10)7-9-5-6-12(20-2)16-8-9/h5-6,8H,3-4,7H2,1-2H3,(H,17,18,19). The summed E-state index contributed by atoms with van der Waals surface area (Å²) in [6, 6.07) is 3.72. The van der Waals surface area contributed by atoms with Gasteiger partial charge in [0, 0.05) is 18.7 Å². The molecule has 2 heterocycles. The molecule has 1 N–H and O–H groups in total. The summed E-state index contributed by atoms with van der Waals surface area (Å²) in [6.45, 7) is 2.08. The number of aryl methyl sites for hydroxylation is 1. The molecule has 6 heteroatoms. The molecule has 0 radical (unpaired) electrons. The van der Waals surface area contributed by atoms with E-state index >= 15 is 0 Å². The van der Waals surface area contributed by atoms with Crippen LogP contribution in [0.1, 0.15) is 30.4 Å². The van der Waals surface area contributed by atoms with Gasteiger partial charge in [-0.25, -0.2) is 9.97 Å². The van der Waals surface area contributed by atoms with Crippen LogP contribution in [0.15, 0.2) is 23.1 Å². The maximum absolute atomic E-state index is 11.9. The van der Waals surface area contributed by atoms with E-state index < -0.39 is 0 Å². The second-order valence-corrected chi connectivity index (χ2v) is 5.49. The number of pyridine rings is 1. The Balaban J connectivity index is 2.26. The van der Waals surface area contributed by atoms with Crippen LogP contribution in [0.3, 0.4) is 0 Å². The zero-order chi connectivity index (χ0) is 14.5. The van der Waals surface area contributed by atoms with Crippen molar-refractivity contribution in [3.8, 4) is 5.88 Å². The highest BCUT2D eigenvalue weighted by Crippen LogP contribution is 2.11. The number of hydrogen-bond donors (Lipinski definition) is 1. The molecule has 0 spiro atoms. The van der Waals surface area contributed by atoms with E-state index in [1.54, 1.807) is 19.4 Å². The summed E-state index contributed by atoms with van der Waals surface area (Å²) in [4.78, 5) is 23.4. The van der Waals surface area contributed by atoms with Crippen LogP contribution in [0.4, 0.5) is 0 Å². The predicted molar refractivity (Wildman–Crippen MR) is 85.2 cm³/mol. The molecule has 0 aliphatic carbocycles. The number of halogens is 1. The van der Waals surface area contributed by atoms with E-state index in [0.29, 0.717) is 21.7 Å². The zero-order valence-corrected chi connectivity index (χ0v) is 13.6. The summed E-state index contributed by atoms with van der Waals surface area (Å²) >= 11 is 2.05. The number of rotatable bonds is 5. The second kappa shape index (κ2) is 6.83. The average molecular weight is 385 g/mol. The highest BCUT2D eigenvalue weighted by molar-refractivity contribution is 14.1. The Morgan fingerprint density at radius 2 is 2.20 bits per heavy atom. The highest BCUT2D eigenvalue weighted by atomic mass is 127. The van der Waals surface area contributed by atoms with Crippen LogP contribution < -0.4 is 10.3 Å². The van der Waals surface area contributed by atoms with E-state index in [9.17, 15) is 4.79 Å². The lowest BCUT2D eigenvalue weighted by molar-refractivity contribution is 0.397. The van der Waals surface area contributed by atoms with Crippen LogP contribution in [-0.4, -0.2) is 22.1 Å². The fourth-order valence-electron chi connectivity index (χ4n) is 1.87. The van der Waals surface area contributed by atoms with Crippen LogP contribution in [0.2, 0.25) is 0 Å². The van der Waals surface area contributed by atoms with Gasteiger partial charge < -0.3 is 9.72 Å². The number of nitrogens with zero attached hydrogens (tertiary/aromatic N) is 2. The van der Waals surface area contributed by atoms with Gasteiger partial charge in [-0.05, 0) is 34.6 Å². The maximum atomic E-state index is 11.9. The van der Waals surface area contributed by atoms with Gasteiger partial charge in [0.2, 0.25) is 5.88 Å². The van der Waals surface area contributed by atoms with Crippen molar-refractivity contribution in [2.75, 3.05) is 7.11 Å². The lowest BCUT2D eigenvalue weighted by atomic mass is 10.2. The number of ether oxygens (including phenoxy) is 1. The predicted octanol–water partition coefficient (Wildman–Crippen LogP) is 2.32. The molecular weight excluding hydrogens is 369 g/mol. The molecule has 0 aliphatic rings. The van der Waals surface area contributed by atoms with Crippen molar-refractivity contribution in [2.45, 2.75) is 26.2 Å². The third-order valence-corrected chi connectivity index (χ3v) is 3.96. The third-order valence-electron chi connectivity index (χ3n) is 2.85. The van der Waals surface area contributed by atoms with E-state index in [1.807, 2.05) is 6.07 Å². The summed E-state index contributed by atoms with van der Waals surface area (Å²) < 4.78 is 5.70. The largest absolute Gasteiger partial charge is 0.481 e. The lowest BCUT2D eigenvalue weighted by Crippen LogP contribution is -2.18. The minimum Gasteiger partial charge on any atom is -0.481 e. The molecule has 0 fully saturated rings. The number of aromatic amines is 1. The lowest BCUT2D eigenvalue weighted by Gasteiger charge is -2.06. The molecule has 0 amide bonds. The van der Waals surface area contributed by atoms with Crippen LogP contribution in [0.5, 0.6) is 5.88 Å². The van der Waals surface area contributed by atoms with Gasteiger partial charge in [-0.15, -0.1) is 0 Å². The molecule has 106 valence electrons. The van der Waals surface area contributed by atoms with Crippen molar-refractivity contribution < 1.29 is 4.74 Å². The fraction of sp³-hybridized carbons (Fsp3) is 0.357. The van der Waals surface area contributed by atoms with E-state index in [4.69, 9.17) is 4.74 Å². The number of nitrogens with one attached hydrogen (secondary N) is 1. The first kappa shape index (κ1) is 15.0. The van der Waals surface area contributed by atoms with Crippen LogP contribution in [0, 0.1) is 3.57 Å². The van der Waals surface area contributed by atoms with Crippen molar-refractivity contribution in [3.63, 3.8) is 0 Å². The first-order chi connectivity index (χ1) is 9.63. The smallest absolute Gasteiger partial charge is 0.264 e. The molecule has 0 bridgehead atoms. The Morgan fingerprint density at radius 1 is 1.40 bits per heavy atom. The average Bonchev–Trinajstić information content (AvgIpc) is 2.45. The summed E-state index contributed by atoms with van der Waals surface area (Å²) in [6.07, 6.45) is 4.07. The van der Waals surface area contributed by atoms with Crippen molar-refractivity contribution in [3.05, 3.63) is 49.3 Å². The number of aromatic nitrogens is 3. The van der Waals surface area contributed by atoms with E-state index in [2.05, 4.69) is 44.5 Å². The van der Waals surface area contributed by atoms with E-state index in [1.165, 1.54) is 0 Å². The van der Waals surface area contributed by atoms with Crippen molar-refractivity contribution in [2.24, 2.45) is 0 Å². The SMILES string of the molecule is CCCc1nc(Cc2ccc(OC)nc2)[nH]c(=O)c1I. The minimum atomic E-state index is -0.0690. The van der Waals surface area contributed by atoms with Gasteiger partial charge in [-0.1, -0.05) is 19.4 Å². The van der Waals surface area contributed by atoms with Crippen molar-refractivity contribution in [1.29, 1.82) is 0 Å². The maximum Gasteiger partial charge on any atom is 0.264 e. The molecule has 0 atom stereocenters. The topological polar surface area (TPSA) is 67.9 Å². The first-order valence-corrected chi connectivity index (χ1v) is 7.48. The molecule has 2 rings (SSSR count). The highest BCUT2D eigenvalue weighted by Gasteiger charge is 2.09. The number of methoxy groups -OCH3 is 1. The van der Waals surface area contributed by atoms with Gasteiger partial charge >= 0.3 is 0 Å². The summed E-state index contributed by atoms with van der Waals surface area (Å²) in [5, 5.41) is 0. The third kappa shape index (κ3) is 3.56. The van der Waals surface area contributed by atoms with Gasteiger partial charge in [0.25, 0.3) is 5.56 Å². The second-order valence-electron chi connectivity index (χ2n) is 4.41. The summed E-state index contributed by atoms with van der Waals surface area (Å²) in [7, 11) is 1.58. The molecule has 2 aromatic heterocycles. The Kier molecular flexibility index (Phi) is 5.11. The molecule has 2 aromatic rings. The van der Waals surface area contributed by atoms with Crippen LogP contribution in [0.25, 0.3) is 0 Å². The van der Waals surface area contributed by atoms with Crippen LogP contribution in [-0.2, 0) is 12.8 Å². The summed E-state index contributed by atoms with van der Waals surface area (Å²) in [5.74, 6) is 1.25. The monoisotopic (exact) mass is 385 g/mol. The Morgan fingerprint density at radius 3 is 2.80 bits per heavy atom. The van der Waals surface area contributed by atoms with Crippen LogP contribution >= 0.6 is 22.6 Å². The van der Waals surface area contributed by atoms with E-state index in [0.717, 1.165) is 24.1 Å². The molecule has 0 aromatic carbocycles. The fourth-order valence-corrected chi connectivity index (χ4v) is 2.40. The Bertz CT molecular complexity index is 638. The van der Waals surface area contributed by atoms with Crippen molar-refractivity contribution >= 4 is 22.6 Å². The molecule has 0 saturated heterocycles. The molecular formula is C14H16IN3O2. The Labute approximate surface area is 131 Å². The minimum absolute atomic E-state index is 0.0690. The van der Waals surface area contributed by atoms with Gasteiger partial charge in [-0.3, -0.25) is 4.79 Å². The van der Waals surface area contributed by atoms with Gasteiger partial charge in [-0.2, -0.15) is 0 Å². The number of hydrogen-bond acceptors (Lipinski definition) is 4. The molecule has 5 nitrogen and oxygen atoms in total. The number of H-pyrrole nitrogens is 1. The quantitative estimate of drug-likeness (QED) is 0.803. The van der Waals surface area contributed by atoms with E-state index in [-0.39, 0.29) is 5.56 Å². The molecule has 0 aliphatic heterocycles. The molecule has 20 heavy (non-hydrogen) atoms. The van der Waals surface area contributed by atoms with Gasteiger partial charge in [0.15, 0.2) is 0 Å². The molecule has 0 saturated carbocycles. The van der Waals surface area contributed by atoms with Crippen molar-refractivity contribution in [1.82, 2.24) is 15.0 Å². The Hall–Kier alpha value is -1.44. The van der Waals surface area contributed by atoms with Gasteiger partial charge in [0.1, 0.15) is 5.82 Å². The molecule has 0 unspecified atom stereocenters. The summed E-state index contributed by atoms with van der Waals surface area (Å²) in [5.41, 5.74) is 1.78. The van der Waals surface area contributed by atoms with Gasteiger partial charge in [0.05, 0.1) is 16.4 Å². The zero-order valence-electron chi connectivity index (χ0n) is 11.4. The normalized spacial score (nSPS) is 10.6.